The molecule has 1 aliphatic rings. The fraction of sp³-hybridized carbons (Fsp3) is 0.467. The van der Waals surface area contributed by atoms with Crippen molar-refractivity contribution in [3.63, 3.8) is 0 Å². The first-order chi connectivity index (χ1) is 10.0. The van der Waals surface area contributed by atoms with E-state index >= 15 is 0 Å². The van der Waals surface area contributed by atoms with Gasteiger partial charge in [-0.3, -0.25) is 0 Å². The minimum atomic E-state index is -1.08. The maximum Gasteiger partial charge on any atom is 0.335 e. The van der Waals surface area contributed by atoms with Gasteiger partial charge >= 0.3 is 12.0 Å². The van der Waals surface area contributed by atoms with Crippen LogP contribution in [0.4, 0.5) is 10.5 Å². The van der Waals surface area contributed by atoms with Gasteiger partial charge in [0.2, 0.25) is 0 Å². The summed E-state index contributed by atoms with van der Waals surface area (Å²) in [5.74, 6) is -1.08. The Morgan fingerprint density at radius 1 is 1.10 bits per heavy atom. The van der Waals surface area contributed by atoms with Gasteiger partial charge in [0.25, 0.3) is 0 Å². The van der Waals surface area contributed by atoms with Crippen molar-refractivity contribution in [1.82, 2.24) is 5.32 Å². The molecule has 0 unspecified atom stereocenters. The lowest BCUT2D eigenvalue weighted by molar-refractivity contribution is 0.0697. The Balaban J connectivity index is 1.97. The van der Waals surface area contributed by atoms with E-state index in [1.165, 1.54) is 31.0 Å². The van der Waals surface area contributed by atoms with Gasteiger partial charge in [0.15, 0.2) is 0 Å². The highest BCUT2D eigenvalue weighted by molar-refractivity contribution is 6.31. The fourth-order valence-corrected chi connectivity index (χ4v) is 2.80. The van der Waals surface area contributed by atoms with Crippen molar-refractivity contribution in [3.05, 3.63) is 28.8 Å². The summed E-state index contributed by atoms with van der Waals surface area (Å²) >= 11 is 5.86. The zero-order valence-corrected chi connectivity index (χ0v) is 12.4. The van der Waals surface area contributed by atoms with Gasteiger partial charge in [0, 0.05) is 16.8 Å². The molecule has 1 saturated carbocycles. The average Bonchev–Trinajstić information content (AvgIpc) is 2.66. The van der Waals surface area contributed by atoms with Crippen LogP contribution in [0.1, 0.15) is 48.9 Å². The van der Waals surface area contributed by atoms with Crippen LogP contribution in [0, 0.1) is 0 Å². The van der Waals surface area contributed by atoms with Gasteiger partial charge in [-0.1, -0.05) is 37.3 Å². The van der Waals surface area contributed by atoms with Crippen LogP contribution < -0.4 is 10.6 Å². The summed E-state index contributed by atoms with van der Waals surface area (Å²) in [6.07, 6.45) is 6.68. The van der Waals surface area contributed by atoms with E-state index in [-0.39, 0.29) is 22.7 Å². The van der Waals surface area contributed by atoms with E-state index in [2.05, 4.69) is 10.6 Å². The maximum atomic E-state index is 12.0. The Morgan fingerprint density at radius 2 is 1.76 bits per heavy atom. The summed E-state index contributed by atoms with van der Waals surface area (Å²) in [5, 5.41) is 14.8. The number of hydrogen-bond donors (Lipinski definition) is 3. The molecule has 114 valence electrons. The van der Waals surface area contributed by atoms with Crippen molar-refractivity contribution < 1.29 is 14.7 Å². The number of urea groups is 1. The molecule has 1 aromatic rings. The SMILES string of the molecule is O=C(Nc1cc(Cl)cc(C(=O)O)c1)NC1CCCCCC1. The predicted molar refractivity (Wildman–Crippen MR) is 82.1 cm³/mol. The lowest BCUT2D eigenvalue weighted by atomic mass is 10.1. The number of carboxylic acids is 1. The summed E-state index contributed by atoms with van der Waals surface area (Å²) in [6.45, 7) is 0. The van der Waals surface area contributed by atoms with Crippen LogP contribution in [0.15, 0.2) is 18.2 Å². The van der Waals surface area contributed by atoms with E-state index in [1.807, 2.05) is 0 Å². The quantitative estimate of drug-likeness (QED) is 0.741. The molecule has 1 fully saturated rings. The van der Waals surface area contributed by atoms with Gasteiger partial charge in [0.05, 0.1) is 5.56 Å². The number of carbonyl (C=O) groups is 2. The van der Waals surface area contributed by atoms with Crippen molar-refractivity contribution in [1.29, 1.82) is 0 Å². The number of anilines is 1. The topological polar surface area (TPSA) is 78.4 Å². The lowest BCUT2D eigenvalue weighted by Gasteiger charge is -2.17. The largest absolute Gasteiger partial charge is 0.478 e. The van der Waals surface area contributed by atoms with Crippen molar-refractivity contribution in [3.8, 4) is 0 Å². The minimum Gasteiger partial charge on any atom is -0.478 e. The number of nitrogens with one attached hydrogen (secondary N) is 2. The van der Waals surface area contributed by atoms with Crippen molar-refractivity contribution in [2.75, 3.05) is 5.32 Å². The molecule has 0 saturated heterocycles. The first-order valence-corrected chi connectivity index (χ1v) is 7.54. The zero-order chi connectivity index (χ0) is 15.2. The second-order valence-corrected chi connectivity index (χ2v) is 5.76. The molecule has 3 N–H and O–H groups in total. The maximum absolute atomic E-state index is 12.0. The molecule has 0 aromatic heterocycles. The molecule has 2 amide bonds. The number of amides is 2. The van der Waals surface area contributed by atoms with E-state index in [4.69, 9.17) is 16.7 Å². The van der Waals surface area contributed by atoms with E-state index < -0.39 is 5.97 Å². The Kier molecular flexibility index (Phi) is 5.44. The molecular weight excluding hydrogens is 292 g/mol. The van der Waals surface area contributed by atoms with Gasteiger partial charge in [-0.15, -0.1) is 0 Å². The van der Waals surface area contributed by atoms with E-state index in [9.17, 15) is 9.59 Å². The molecule has 2 rings (SSSR count). The Hall–Kier alpha value is -1.75. The average molecular weight is 311 g/mol. The molecule has 1 aromatic carbocycles. The molecule has 5 nitrogen and oxygen atoms in total. The summed E-state index contributed by atoms with van der Waals surface area (Å²) < 4.78 is 0. The van der Waals surface area contributed by atoms with Crippen LogP contribution in [-0.2, 0) is 0 Å². The van der Waals surface area contributed by atoms with Gasteiger partial charge in [-0.2, -0.15) is 0 Å². The first-order valence-electron chi connectivity index (χ1n) is 7.16. The molecule has 1 aliphatic carbocycles. The normalized spacial score (nSPS) is 16.0. The molecule has 0 bridgehead atoms. The van der Waals surface area contributed by atoms with E-state index in [1.54, 1.807) is 0 Å². The van der Waals surface area contributed by atoms with Gasteiger partial charge in [0.1, 0.15) is 0 Å². The number of carboxylic acid groups (broad SMARTS) is 1. The van der Waals surface area contributed by atoms with E-state index in [0.717, 1.165) is 25.7 Å². The standard InChI is InChI=1S/C15H19ClN2O3/c16-11-7-10(14(19)20)8-13(9-11)18-15(21)17-12-5-3-1-2-4-6-12/h7-9,12H,1-6H2,(H,19,20)(H2,17,18,21). The number of carbonyl (C=O) groups excluding carboxylic acids is 1. The van der Waals surface area contributed by atoms with Crippen LogP contribution in [0.25, 0.3) is 0 Å². The summed E-state index contributed by atoms with van der Waals surface area (Å²) in [7, 11) is 0. The molecule has 0 aliphatic heterocycles. The van der Waals surface area contributed by atoms with Crippen molar-refractivity contribution in [2.24, 2.45) is 0 Å². The summed E-state index contributed by atoms with van der Waals surface area (Å²) in [4.78, 5) is 22.9. The Morgan fingerprint density at radius 3 is 2.38 bits per heavy atom. The molecule has 6 heteroatoms. The number of benzene rings is 1. The van der Waals surface area contributed by atoms with Gasteiger partial charge in [-0.05, 0) is 31.0 Å². The van der Waals surface area contributed by atoms with E-state index in [0.29, 0.717) is 5.69 Å². The summed E-state index contributed by atoms with van der Waals surface area (Å²) in [6, 6.07) is 4.13. The second kappa shape index (κ2) is 7.31. The third-order valence-corrected chi connectivity index (χ3v) is 3.81. The monoisotopic (exact) mass is 310 g/mol. The Labute approximate surface area is 128 Å². The van der Waals surface area contributed by atoms with Crippen LogP contribution in [0.5, 0.6) is 0 Å². The molecule has 0 atom stereocenters. The molecule has 21 heavy (non-hydrogen) atoms. The number of rotatable bonds is 3. The van der Waals surface area contributed by atoms with Crippen LogP contribution in [0.3, 0.4) is 0 Å². The molecule has 0 radical (unpaired) electrons. The number of hydrogen-bond acceptors (Lipinski definition) is 2. The zero-order valence-electron chi connectivity index (χ0n) is 11.7. The third kappa shape index (κ3) is 4.93. The minimum absolute atomic E-state index is 0.0484. The summed E-state index contributed by atoms with van der Waals surface area (Å²) in [5.41, 5.74) is 0.429. The highest BCUT2D eigenvalue weighted by Gasteiger charge is 2.15. The third-order valence-electron chi connectivity index (χ3n) is 3.59. The number of aromatic carboxylic acids is 1. The molecule has 0 spiro atoms. The smallest absolute Gasteiger partial charge is 0.335 e. The highest BCUT2D eigenvalue weighted by atomic mass is 35.5. The van der Waals surface area contributed by atoms with Crippen LogP contribution in [-0.4, -0.2) is 23.1 Å². The first kappa shape index (κ1) is 15.6. The van der Waals surface area contributed by atoms with Crippen molar-refractivity contribution >= 4 is 29.3 Å². The van der Waals surface area contributed by atoms with Gasteiger partial charge < -0.3 is 15.7 Å². The van der Waals surface area contributed by atoms with Crippen molar-refractivity contribution in [2.45, 2.75) is 44.6 Å². The Bertz CT molecular complexity index is 526. The second-order valence-electron chi connectivity index (χ2n) is 5.32. The van der Waals surface area contributed by atoms with Gasteiger partial charge in [-0.25, -0.2) is 9.59 Å². The molecular formula is C15H19ClN2O3. The van der Waals surface area contributed by atoms with Crippen LogP contribution in [0.2, 0.25) is 5.02 Å². The fourth-order valence-electron chi connectivity index (χ4n) is 2.56. The highest BCUT2D eigenvalue weighted by Crippen LogP contribution is 2.20. The number of halogens is 1. The van der Waals surface area contributed by atoms with Crippen LogP contribution >= 0.6 is 11.6 Å². The predicted octanol–water partition coefficient (Wildman–Crippen LogP) is 3.88. The lowest BCUT2D eigenvalue weighted by Crippen LogP contribution is -2.37. The molecule has 0 heterocycles.